The largest absolute Gasteiger partial charge is 0.472 e. The number of allylic oxidation sites excluding steroid dienone is 30. The number of ether oxygens (including phenoxy) is 3. The van der Waals surface area contributed by atoms with Crippen LogP contribution in [0.25, 0.3) is 0 Å². The van der Waals surface area contributed by atoms with E-state index >= 15 is 0 Å². The summed E-state index contributed by atoms with van der Waals surface area (Å²) in [5.41, 5.74) is 0. The number of aliphatic hydroxyl groups is 2. The van der Waals surface area contributed by atoms with Crippen LogP contribution in [-0.4, -0.2) is 95.9 Å². The summed E-state index contributed by atoms with van der Waals surface area (Å²) >= 11 is 0. The number of phosphoric ester groups is 2. The summed E-state index contributed by atoms with van der Waals surface area (Å²) in [6.45, 7) is 2.41. The summed E-state index contributed by atoms with van der Waals surface area (Å²) in [7, 11) is -9.82. The normalized spacial score (nSPS) is 14.7. The monoisotopic (exact) mass is 1620 g/mol. The highest BCUT2D eigenvalue weighted by Crippen LogP contribution is 2.45. The van der Waals surface area contributed by atoms with E-state index in [1.165, 1.54) is 103 Å². The van der Waals surface area contributed by atoms with Crippen molar-refractivity contribution in [3.8, 4) is 0 Å². The molecule has 0 fully saturated rings. The minimum absolute atomic E-state index is 0.0753. The van der Waals surface area contributed by atoms with Crippen molar-refractivity contribution in [2.75, 3.05) is 39.6 Å². The Morgan fingerprint density at radius 3 is 0.743 bits per heavy atom. The summed E-state index contributed by atoms with van der Waals surface area (Å²) in [4.78, 5) is 58.9. The molecule has 0 spiro atoms. The van der Waals surface area contributed by atoms with Crippen molar-refractivity contribution in [1.82, 2.24) is 0 Å². The van der Waals surface area contributed by atoms with Crippen LogP contribution in [0.2, 0.25) is 0 Å². The molecule has 0 aliphatic rings. The molecule has 4 N–H and O–H groups in total. The van der Waals surface area contributed by atoms with Gasteiger partial charge in [-0.05, 0) is 161 Å². The van der Waals surface area contributed by atoms with Crippen molar-refractivity contribution in [1.29, 1.82) is 0 Å². The SMILES string of the molecule is CC/C=C\C/C=C\C/C=C\C/C=C\C/C=C\C/C=C\CCCCCCCCCCCCCCC(=O)OCC(O)COP(=O)(O)OCC(O)COP(=O)(O)OCC(COC(=O)CCCCCCCCCCC/C=C\C/C=C\C/C=C\C/C=C\CCCCC)OC(=O)CCCCCCC/C=C\C/C=C\C/C=C\C/C=C\C/C=C\CC. The Morgan fingerprint density at radius 1 is 0.257 bits per heavy atom. The number of hydrogen-bond donors (Lipinski definition) is 4. The molecule has 113 heavy (non-hydrogen) atoms. The van der Waals surface area contributed by atoms with Crippen LogP contribution < -0.4 is 0 Å². The number of rotatable bonds is 82. The molecule has 0 aromatic rings. The molecule has 0 aliphatic heterocycles. The first kappa shape index (κ1) is 108. The van der Waals surface area contributed by atoms with E-state index in [1.807, 2.05) is 0 Å². The van der Waals surface area contributed by atoms with Gasteiger partial charge < -0.3 is 34.2 Å². The maximum Gasteiger partial charge on any atom is 0.472 e. The van der Waals surface area contributed by atoms with Gasteiger partial charge in [-0.1, -0.05) is 344 Å². The van der Waals surface area contributed by atoms with Crippen molar-refractivity contribution in [2.45, 2.75) is 360 Å². The quantitative estimate of drug-likeness (QED) is 0.0146. The molecule has 18 heteroatoms. The van der Waals surface area contributed by atoms with Gasteiger partial charge in [-0.3, -0.25) is 32.5 Å². The summed E-state index contributed by atoms with van der Waals surface area (Å²) in [6.07, 6.45) is 112. The zero-order chi connectivity index (χ0) is 82.2. The van der Waals surface area contributed by atoms with Crippen LogP contribution in [0.15, 0.2) is 182 Å². The second-order valence-corrected chi connectivity index (χ2v) is 31.8. The van der Waals surface area contributed by atoms with Crippen LogP contribution in [-0.2, 0) is 55.8 Å². The van der Waals surface area contributed by atoms with Gasteiger partial charge in [0.25, 0.3) is 0 Å². The first-order chi connectivity index (χ1) is 55.2. The van der Waals surface area contributed by atoms with Gasteiger partial charge in [0.2, 0.25) is 0 Å². The molecule has 644 valence electrons. The van der Waals surface area contributed by atoms with Crippen molar-refractivity contribution in [3.05, 3.63) is 182 Å². The molecule has 0 saturated heterocycles. The molecule has 0 bridgehead atoms. The lowest BCUT2D eigenvalue weighted by Crippen LogP contribution is -2.30. The molecule has 0 aromatic carbocycles. The van der Waals surface area contributed by atoms with E-state index in [1.54, 1.807) is 0 Å². The topological polar surface area (TPSA) is 231 Å². The Morgan fingerprint density at radius 2 is 0.469 bits per heavy atom. The molecular weight excluding hydrogens is 1460 g/mol. The summed E-state index contributed by atoms with van der Waals surface area (Å²) in [5, 5.41) is 20.7. The number of carbonyl (C=O) groups excluding carboxylic acids is 3. The van der Waals surface area contributed by atoms with Crippen molar-refractivity contribution in [2.24, 2.45) is 0 Å². The molecule has 0 heterocycles. The lowest BCUT2D eigenvalue weighted by molar-refractivity contribution is -0.161. The van der Waals surface area contributed by atoms with Crippen LogP contribution in [0.5, 0.6) is 0 Å². The lowest BCUT2D eigenvalue weighted by atomic mass is 10.0. The van der Waals surface area contributed by atoms with E-state index in [-0.39, 0.29) is 19.3 Å². The molecule has 5 unspecified atom stereocenters. The molecular formula is C95H158O16P2. The third-order valence-electron chi connectivity index (χ3n) is 18.1. The Bertz CT molecular complexity index is 2780. The molecule has 0 saturated carbocycles. The third-order valence-corrected chi connectivity index (χ3v) is 20.0. The molecule has 0 aliphatic carbocycles. The minimum Gasteiger partial charge on any atom is -0.463 e. The summed E-state index contributed by atoms with van der Waals surface area (Å²) in [5.74, 6) is -1.61. The molecule has 5 atom stereocenters. The first-order valence-corrected chi connectivity index (χ1v) is 47.1. The fourth-order valence-corrected chi connectivity index (χ4v) is 13.1. The van der Waals surface area contributed by atoms with Crippen LogP contribution in [0, 0.1) is 0 Å². The second kappa shape index (κ2) is 86.0. The fraction of sp³-hybridized carbons (Fsp3) is 0.653. The van der Waals surface area contributed by atoms with E-state index in [0.717, 1.165) is 180 Å². The Hall–Kier alpha value is -5.35. The highest BCUT2D eigenvalue weighted by molar-refractivity contribution is 7.47. The van der Waals surface area contributed by atoms with Crippen molar-refractivity contribution < 1.29 is 75.8 Å². The van der Waals surface area contributed by atoms with Crippen LogP contribution >= 0.6 is 15.6 Å². The molecule has 0 aromatic heterocycles. The van der Waals surface area contributed by atoms with E-state index in [4.69, 9.17) is 32.3 Å². The molecule has 0 rings (SSSR count). The van der Waals surface area contributed by atoms with Gasteiger partial charge in [-0.25, -0.2) is 9.13 Å². The summed E-state index contributed by atoms with van der Waals surface area (Å²) in [6, 6.07) is 0. The fourth-order valence-electron chi connectivity index (χ4n) is 11.5. The lowest BCUT2D eigenvalue weighted by Gasteiger charge is -2.21. The standard InChI is InChI=1S/C95H158O16P2/c1-4-7-10-13-16-19-22-25-28-31-34-37-39-41-42-43-44-45-46-48-50-52-54-57-60-63-66-69-72-75-78-81-93(98)105-84-90(96)85-107-112(101,102)108-86-91(97)87-109-113(103,104)110-89-92(111-95(100)83-80-77-74-71-68-65-62-59-56-51-36-33-30-27-24-21-18-15-12-9-6-3)88-106-94(99)82-79-76-73-70-67-64-61-58-55-53-49-47-40-38-35-32-29-26-23-20-17-14-11-8-5-2/h7,9-10,12,16-21,25-30,34-38,41-42,44-45,47,49,51,59,62,90-92,96-97H,4-6,8,11,13-15,22-24,31-33,39-40,43,46,48,50,52-58,60-61,63-89H2,1-3H3,(H,101,102)(H,103,104)/b10-7-,12-9-,19-16-,20-17-,21-18-,28-25-,29-26-,30-27-,37-34-,38-35-,42-41-,45-44-,49-47-,51-36-,62-59-. The zero-order valence-electron chi connectivity index (χ0n) is 70.7. The minimum atomic E-state index is -4.95. The second-order valence-electron chi connectivity index (χ2n) is 28.9. The smallest absolute Gasteiger partial charge is 0.463 e. The molecule has 0 radical (unpaired) electrons. The molecule has 0 amide bonds. The highest BCUT2D eigenvalue weighted by atomic mass is 31.2. The van der Waals surface area contributed by atoms with Gasteiger partial charge in [0.05, 0.1) is 26.4 Å². The van der Waals surface area contributed by atoms with Crippen molar-refractivity contribution in [3.63, 3.8) is 0 Å². The molecule has 16 nitrogen and oxygen atoms in total. The van der Waals surface area contributed by atoms with Gasteiger partial charge in [-0.15, -0.1) is 0 Å². The van der Waals surface area contributed by atoms with E-state index < -0.39 is 91.5 Å². The Balaban J connectivity index is 4.63. The Kier molecular flexibility index (Phi) is 81.9. The number of carbonyl (C=O) groups is 3. The zero-order valence-corrected chi connectivity index (χ0v) is 72.5. The summed E-state index contributed by atoms with van der Waals surface area (Å²) < 4.78 is 61.4. The predicted molar refractivity (Wildman–Crippen MR) is 472 cm³/mol. The van der Waals surface area contributed by atoms with Gasteiger partial charge in [0, 0.05) is 19.3 Å². The van der Waals surface area contributed by atoms with Gasteiger partial charge >= 0.3 is 33.6 Å². The van der Waals surface area contributed by atoms with E-state index in [2.05, 4.69) is 203 Å². The third kappa shape index (κ3) is 87.3. The maximum absolute atomic E-state index is 13.0. The van der Waals surface area contributed by atoms with Crippen molar-refractivity contribution >= 4 is 33.6 Å². The van der Waals surface area contributed by atoms with Crippen LogP contribution in [0.3, 0.4) is 0 Å². The Labute approximate surface area is 687 Å². The first-order valence-electron chi connectivity index (χ1n) is 44.1. The number of unbranched alkanes of at least 4 members (excludes halogenated alkanes) is 29. The number of hydrogen-bond acceptors (Lipinski definition) is 14. The van der Waals surface area contributed by atoms with Crippen LogP contribution in [0.4, 0.5) is 0 Å². The van der Waals surface area contributed by atoms with E-state index in [0.29, 0.717) is 19.3 Å². The average molecular weight is 1620 g/mol. The van der Waals surface area contributed by atoms with Gasteiger partial charge in [0.1, 0.15) is 25.4 Å². The van der Waals surface area contributed by atoms with E-state index in [9.17, 15) is 43.5 Å². The maximum atomic E-state index is 13.0. The predicted octanol–water partition coefficient (Wildman–Crippen LogP) is 26.9. The highest BCUT2D eigenvalue weighted by Gasteiger charge is 2.29. The van der Waals surface area contributed by atoms with Gasteiger partial charge in [-0.2, -0.15) is 0 Å². The average Bonchev–Trinajstić information content (AvgIpc) is 0.900. The van der Waals surface area contributed by atoms with Crippen LogP contribution in [0.1, 0.15) is 342 Å². The number of esters is 3. The number of phosphoric acid groups is 2. The number of aliphatic hydroxyl groups excluding tert-OH is 2. The van der Waals surface area contributed by atoms with Gasteiger partial charge in [0.15, 0.2) is 6.10 Å².